The van der Waals surface area contributed by atoms with Gasteiger partial charge in [0.2, 0.25) is 0 Å². The van der Waals surface area contributed by atoms with E-state index in [1.807, 2.05) is 18.7 Å². The smallest absolute Gasteiger partial charge is 0.272 e. The molecule has 92 valence electrons. The Bertz CT molecular complexity index is 413. The van der Waals surface area contributed by atoms with Crippen LogP contribution in [0.25, 0.3) is 0 Å². The number of nitrogens with two attached hydrogens (primary N) is 1. The standard InChI is InChI=1S/C13H19N3O/c1-9(2)16(8-10-3-4-10)13(17)12-7-11(14)5-6-15-12/h5-7,9-10H,3-4,8H2,1-2H3,(H2,14,15). The zero-order valence-electron chi connectivity index (χ0n) is 10.4. The van der Waals surface area contributed by atoms with E-state index in [9.17, 15) is 4.79 Å². The molecule has 1 heterocycles. The van der Waals surface area contributed by atoms with Gasteiger partial charge in [0.25, 0.3) is 5.91 Å². The molecule has 0 radical (unpaired) electrons. The Hall–Kier alpha value is -1.58. The topological polar surface area (TPSA) is 59.2 Å². The van der Waals surface area contributed by atoms with Gasteiger partial charge in [0.05, 0.1) is 0 Å². The number of anilines is 1. The highest BCUT2D eigenvalue weighted by Gasteiger charge is 2.29. The molecule has 1 aromatic heterocycles. The molecule has 1 aliphatic rings. The molecule has 1 aliphatic carbocycles. The third kappa shape index (κ3) is 2.96. The summed E-state index contributed by atoms with van der Waals surface area (Å²) in [6.07, 6.45) is 4.06. The molecule has 0 aliphatic heterocycles. The molecule has 0 spiro atoms. The molecule has 17 heavy (non-hydrogen) atoms. The van der Waals surface area contributed by atoms with E-state index in [1.165, 1.54) is 12.8 Å². The number of carbonyl (C=O) groups is 1. The van der Waals surface area contributed by atoms with Gasteiger partial charge in [0.1, 0.15) is 5.69 Å². The molecule has 0 aromatic carbocycles. The van der Waals surface area contributed by atoms with Crippen LogP contribution >= 0.6 is 0 Å². The molecule has 1 fully saturated rings. The zero-order valence-corrected chi connectivity index (χ0v) is 10.4. The molecule has 4 nitrogen and oxygen atoms in total. The molecule has 4 heteroatoms. The van der Waals surface area contributed by atoms with Crippen molar-refractivity contribution in [1.82, 2.24) is 9.88 Å². The number of pyridine rings is 1. The number of aromatic nitrogens is 1. The monoisotopic (exact) mass is 233 g/mol. The fourth-order valence-electron chi connectivity index (χ4n) is 1.82. The second kappa shape index (κ2) is 4.73. The minimum absolute atomic E-state index is 0.0146. The largest absolute Gasteiger partial charge is 0.399 e. The van der Waals surface area contributed by atoms with Gasteiger partial charge in [-0.15, -0.1) is 0 Å². The maximum atomic E-state index is 12.3. The van der Waals surface area contributed by atoms with E-state index in [4.69, 9.17) is 5.73 Å². The minimum Gasteiger partial charge on any atom is -0.399 e. The molecular formula is C13H19N3O. The van der Waals surface area contributed by atoms with Gasteiger partial charge < -0.3 is 10.6 Å². The Balaban J connectivity index is 2.14. The summed E-state index contributed by atoms with van der Waals surface area (Å²) < 4.78 is 0. The first kappa shape index (κ1) is 11.9. The Kier molecular flexibility index (Phi) is 3.31. The average molecular weight is 233 g/mol. The fraction of sp³-hybridized carbons (Fsp3) is 0.538. The van der Waals surface area contributed by atoms with E-state index >= 15 is 0 Å². The highest BCUT2D eigenvalue weighted by molar-refractivity contribution is 5.93. The molecule has 0 saturated heterocycles. The van der Waals surface area contributed by atoms with E-state index < -0.39 is 0 Å². The Labute approximate surface area is 102 Å². The number of nitrogen functional groups attached to an aromatic ring is 1. The van der Waals surface area contributed by atoms with Crippen LogP contribution < -0.4 is 5.73 Å². The molecule has 0 bridgehead atoms. The van der Waals surface area contributed by atoms with Crippen molar-refractivity contribution in [1.29, 1.82) is 0 Å². The third-order valence-electron chi connectivity index (χ3n) is 3.04. The van der Waals surface area contributed by atoms with Crippen molar-refractivity contribution in [3.63, 3.8) is 0 Å². The number of hydrogen-bond donors (Lipinski definition) is 1. The first-order valence-electron chi connectivity index (χ1n) is 6.10. The van der Waals surface area contributed by atoms with Gasteiger partial charge >= 0.3 is 0 Å². The van der Waals surface area contributed by atoms with Crippen molar-refractivity contribution in [3.8, 4) is 0 Å². The van der Waals surface area contributed by atoms with E-state index in [-0.39, 0.29) is 11.9 Å². The average Bonchev–Trinajstić information content (AvgIpc) is 3.08. The van der Waals surface area contributed by atoms with Crippen LogP contribution in [0.2, 0.25) is 0 Å². The lowest BCUT2D eigenvalue weighted by Crippen LogP contribution is -2.38. The van der Waals surface area contributed by atoms with E-state index in [0.29, 0.717) is 17.3 Å². The Morgan fingerprint density at radius 2 is 2.29 bits per heavy atom. The molecule has 1 aromatic rings. The summed E-state index contributed by atoms with van der Waals surface area (Å²) >= 11 is 0. The highest BCUT2D eigenvalue weighted by atomic mass is 16.2. The molecule has 2 N–H and O–H groups in total. The molecule has 2 rings (SSSR count). The Morgan fingerprint density at radius 1 is 1.59 bits per heavy atom. The van der Waals surface area contributed by atoms with Crippen LogP contribution in [0.1, 0.15) is 37.2 Å². The lowest BCUT2D eigenvalue weighted by atomic mass is 10.2. The van der Waals surface area contributed by atoms with Gasteiger partial charge in [-0.25, -0.2) is 0 Å². The minimum atomic E-state index is -0.0146. The van der Waals surface area contributed by atoms with Crippen LogP contribution in [0.15, 0.2) is 18.3 Å². The third-order valence-corrected chi connectivity index (χ3v) is 3.04. The maximum Gasteiger partial charge on any atom is 0.272 e. The van der Waals surface area contributed by atoms with Gasteiger partial charge in [0, 0.05) is 24.5 Å². The van der Waals surface area contributed by atoms with Crippen LogP contribution in [-0.4, -0.2) is 28.4 Å². The predicted molar refractivity (Wildman–Crippen MR) is 67.5 cm³/mol. The van der Waals surface area contributed by atoms with Gasteiger partial charge in [-0.3, -0.25) is 9.78 Å². The molecule has 0 atom stereocenters. The summed E-state index contributed by atoms with van der Waals surface area (Å²) in [5.74, 6) is 0.668. The van der Waals surface area contributed by atoms with E-state index in [2.05, 4.69) is 4.98 Å². The van der Waals surface area contributed by atoms with Gasteiger partial charge in [-0.05, 0) is 44.7 Å². The first-order valence-corrected chi connectivity index (χ1v) is 6.10. The van der Waals surface area contributed by atoms with Crippen molar-refractivity contribution in [3.05, 3.63) is 24.0 Å². The molecule has 1 saturated carbocycles. The SMILES string of the molecule is CC(C)N(CC1CC1)C(=O)c1cc(N)ccn1. The fourth-order valence-corrected chi connectivity index (χ4v) is 1.82. The van der Waals surface area contributed by atoms with Crippen LogP contribution in [-0.2, 0) is 0 Å². The quantitative estimate of drug-likeness (QED) is 0.864. The first-order chi connectivity index (χ1) is 8.08. The van der Waals surface area contributed by atoms with Crippen molar-refractivity contribution in [2.45, 2.75) is 32.7 Å². The van der Waals surface area contributed by atoms with Crippen molar-refractivity contribution in [2.24, 2.45) is 5.92 Å². The predicted octanol–water partition coefficient (Wildman–Crippen LogP) is 1.92. The van der Waals surface area contributed by atoms with Crippen LogP contribution in [0, 0.1) is 5.92 Å². The summed E-state index contributed by atoms with van der Waals surface area (Å²) in [4.78, 5) is 18.3. The summed E-state index contributed by atoms with van der Waals surface area (Å²) in [6.45, 7) is 4.91. The lowest BCUT2D eigenvalue weighted by molar-refractivity contribution is 0.0690. The summed E-state index contributed by atoms with van der Waals surface area (Å²) in [6, 6.07) is 3.54. The van der Waals surface area contributed by atoms with Crippen molar-refractivity contribution < 1.29 is 4.79 Å². The number of rotatable bonds is 4. The second-order valence-electron chi connectivity index (χ2n) is 4.97. The highest BCUT2D eigenvalue weighted by Crippen LogP contribution is 2.30. The molecule has 1 amide bonds. The van der Waals surface area contributed by atoms with Crippen molar-refractivity contribution in [2.75, 3.05) is 12.3 Å². The number of carbonyl (C=O) groups excluding carboxylic acids is 1. The van der Waals surface area contributed by atoms with E-state index in [1.54, 1.807) is 18.3 Å². The van der Waals surface area contributed by atoms with Gasteiger partial charge in [-0.2, -0.15) is 0 Å². The maximum absolute atomic E-state index is 12.3. The van der Waals surface area contributed by atoms with Crippen molar-refractivity contribution >= 4 is 11.6 Å². The second-order valence-corrected chi connectivity index (χ2v) is 4.97. The van der Waals surface area contributed by atoms with E-state index in [0.717, 1.165) is 6.54 Å². The van der Waals surface area contributed by atoms with Gasteiger partial charge in [-0.1, -0.05) is 0 Å². The summed E-state index contributed by atoms with van der Waals surface area (Å²) in [5.41, 5.74) is 6.70. The van der Waals surface area contributed by atoms with Crippen LogP contribution in [0.4, 0.5) is 5.69 Å². The lowest BCUT2D eigenvalue weighted by Gasteiger charge is -2.26. The van der Waals surface area contributed by atoms with Crippen LogP contribution in [0.5, 0.6) is 0 Å². The summed E-state index contributed by atoms with van der Waals surface area (Å²) in [7, 11) is 0. The number of hydrogen-bond acceptors (Lipinski definition) is 3. The zero-order chi connectivity index (χ0) is 12.4. The van der Waals surface area contributed by atoms with Crippen LogP contribution in [0.3, 0.4) is 0 Å². The van der Waals surface area contributed by atoms with Gasteiger partial charge in [0.15, 0.2) is 0 Å². The normalized spacial score (nSPS) is 15.0. The number of nitrogens with zero attached hydrogens (tertiary/aromatic N) is 2. The number of amides is 1. The Morgan fingerprint density at radius 3 is 2.82 bits per heavy atom. The summed E-state index contributed by atoms with van der Waals surface area (Å²) in [5, 5.41) is 0. The molecular weight excluding hydrogens is 214 g/mol. The molecule has 0 unspecified atom stereocenters.